The van der Waals surface area contributed by atoms with Crippen molar-refractivity contribution in [1.29, 1.82) is 0 Å². The predicted molar refractivity (Wildman–Crippen MR) is 139 cm³/mol. The van der Waals surface area contributed by atoms with Gasteiger partial charge in [0.25, 0.3) is 5.91 Å². The zero-order valence-electron chi connectivity index (χ0n) is 19.8. The number of halogens is 3. The Labute approximate surface area is 219 Å². The minimum atomic E-state index is -4.76. The number of nitrogens with one attached hydrogen (secondary N) is 1. The van der Waals surface area contributed by atoms with E-state index in [1.54, 1.807) is 30.3 Å². The second-order valence-corrected chi connectivity index (χ2v) is 10.0. The van der Waals surface area contributed by atoms with Crippen LogP contribution in [0.2, 0.25) is 0 Å². The Morgan fingerprint density at radius 1 is 0.949 bits per heavy atom. The summed E-state index contributed by atoms with van der Waals surface area (Å²) in [7, 11) is -4.00. The van der Waals surface area contributed by atoms with Gasteiger partial charge in [-0.2, -0.15) is 18.3 Å². The summed E-state index contributed by atoms with van der Waals surface area (Å²) in [5.41, 5.74) is 5.88. The van der Waals surface area contributed by atoms with Crippen molar-refractivity contribution >= 4 is 38.3 Å². The molecule has 2 aromatic heterocycles. The zero-order chi connectivity index (χ0) is 27.9. The summed E-state index contributed by atoms with van der Waals surface area (Å²) >= 11 is 0. The number of rotatable bonds is 5. The lowest BCUT2D eigenvalue weighted by molar-refractivity contribution is -0.141. The lowest BCUT2D eigenvalue weighted by Gasteiger charge is -2.11. The molecule has 5 aromatic rings. The average Bonchev–Trinajstić information content (AvgIpc) is 3.33. The molecule has 0 spiro atoms. The van der Waals surface area contributed by atoms with Crippen LogP contribution < -0.4 is 16.2 Å². The van der Waals surface area contributed by atoms with E-state index in [0.29, 0.717) is 16.5 Å². The number of hydrogen-bond donors (Lipinski definition) is 3. The minimum absolute atomic E-state index is 0.0861. The largest absolute Gasteiger partial charge is 0.435 e. The van der Waals surface area contributed by atoms with E-state index in [1.165, 1.54) is 48.7 Å². The van der Waals surface area contributed by atoms with Crippen molar-refractivity contribution < 1.29 is 26.4 Å². The average molecular weight is 553 g/mol. The third-order valence-electron chi connectivity index (χ3n) is 5.92. The van der Waals surface area contributed by atoms with Crippen LogP contribution in [0.1, 0.15) is 16.1 Å². The first-order valence-corrected chi connectivity index (χ1v) is 12.8. The Bertz CT molecular complexity index is 1830. The number of anilines is 2. The van der Waals surface area contributed by atoms with Crippen LogP contribution >= 0.6 is 0 Å². The second kappa shape index (κ2) is 9.53. The number of sulfonamides is 1. The SMILES string of the molecule is Nc1nccc2ccc(-n3nc(C(F)(F)F)cc3NC(=O)c3ccc(-c4ccccc4S(N)(=O)=O)cc3)cc12. The molecule has 5 N–H and O–H groups in total. The lowest BCUT2D eigenvalue weighted by atomic mass is 10.0. The Morgan fingerprint density at radius 2 is 1.67 bits per heavy atom. The molecule has 0 saturated carbocycles. The summed E-state index contributed by atoms with van der Waals surface area (Å²) in [6.07, 6.45) is -3.25. The van der Waals surface area contributed by atoms with Crippen molar-refractivity contribution in [1.82, 2.24) is 14.8 Å². The molecule has 0 fully saturated rings. The van der Waals surface area contributed by atoms with Crippen LogP contribution in [0.3, 0.4) is 0 Å². The quantitative estimate of drug-likeness (QED) is 0.291. The summed E-state index contributed by atoms with van der Waals surface area (Å²) in [6, 6.07) is 19.1. The maximum atomic E-state index is 13.5. The fourth-order valence-corrected chi connectivity index (χ4v) is 4.82. The van der Waals surface area contributed by atoms with Gasteiger partial charge >= 0.3 is 6.18 Å². The highest BCUT2D eigenvalue weighted by Gasteiger charge is 2.35. The van der Waals surface area contributed by atoms with Crippen molar-refractivity contribution in [2.75, 3.05) is 11.1 Å². The molecule has 1 amide bonds. The molecule has 13 heteroatoms. The molecular formula is C26H19F3N6O3S. The third kappa shape index (κ3) is 5.17. The molecule has 0 aliphatic heterocycles. The number of aromatic nitrogens is 3. The van der Waals surface area contributed by atoms with Crippen LogP contribution in [0, 0.1) is 0 Å². The fourth-order valence-electron chi connectivity index (χ4n) is 4.06. The van der Waals surface area contributed by atoms with Crippen molar-refractivity contribution in [3.8, 4) is 16.8 Å². The number of nitrogens with zero attached hydrogens (tertiary/aromatic N) is 3. The molecule has 9 nitrogen and oxygen atoms in total. The minimum Gasteiger partial charge on any atom is -0.383 e. The predicted octanol–water partition coefficient (Wildman–Crippen LogP) is 4.59. The smallest absolute Gasteiger partial charge is 0.383 e. The molecule has 2 heterocycles. The van der Waals surface area contributed by atoms with Gasteiger partial charge in [-0.25, -0.2) is 23.2 Å². The number of alkyl halides is 3. The normalized spacial score (nSPS) is 12.0. The van der Waals surface area contributed by atoms with Crippen LogP contribution in [0.25, 0.3) is 27.6 Å². The van der Waals surface area contributed by atoms with E-state index in [9.17, 15) is 26.4 Å². The highest BCUT2D eigenvalue weighted by Crippen LogP contribution is 2.33. The van der Waals surface area contributed by atoms with Gasteiger partial charge in [-0.05, 0) is 47.3 Å². The number of nitrogens with two attached hydrogens (primary N) is 2. The van der Waals surface area contributed by atoms with Crippen molar-refractivity contribution in [3.05, 3.63) is 96.3 Å². The van der Waals surface area contributed by atoms with E-state index in [-0.39, 0.29) is 27.8 Å². The molecule has 0 radical (unpaired) electrons. The van der Waals surface area contributed by atoms with Gasteiger partial charge < -0.3 is 11.1 Å². The van der Waals surface area contributed by atoms with Crippen LogP contribution in [0.4, 0.5) is 24.8 Å². The molecule has 3 aromatic carbocycles. The van der Waals surface area contributed by atoms with Crippen LogP contribution in [0.5, 0.6) is 0 Å². The summed E-state index contributed by atoms with van der Waals surface area (Å²) in [6.45, 7) is 0. The van der Waals surface area contributed by atoms with Crippen molar-refractivity contribution in [3.63, 3.8) is 0 Å². The Kier molecular flexibility index (Phi) is 6.32. The molecule has 0 saturated heterocycles. The van der Waals surface area contributed by atoms with Gasteiger partial charge in [-0.3, -0.25) is 4.79 Å². The van der Waals surface area contributed by atoms with E-state index in [2.05, 4.69) is 15.4 Å². The third-order valence-corrected chi connectivity index (χ3v) is 6.89. The Balaban J connectivity index is 1.49. The topological polar surface area (TPSA) is 146 Å². The number of hydrogen-bond acceptors (Lipinski definition) is 6. The highest BCUT2D eigenvalue weighted by molar-refractivity contribution is 7.89. The zero-order valence-corrected chi connectivity index (χ0v) is 20.7. The maximum absolute atomic E-state index is 13.5. The fraction of sp³-hybridized carbons (Fsp3) is 0.0385. The number of primary sulfonamides is 1. The molecular weight excluding hydrogens is 533 g/mol. The van der Waals surface area contributed by atoms with Gasteiger partial charge in [0.05, 0.1) is 10.6 Å². The first kappa shape index (κ1) is 25.9. The van der Waals surface area contributed by atoms with E-state index >= 15 is 0 Å². The summed E-state index contributed by atoms with van der Waals surface area (Å²) in [5, 5.41) is 12.7. The number of carbonyl (C=O) groups excluding carboxylic acids is 1. The maximum Gasteiger partial charge on any atom is 0.435 e. The Morgan fingerprint density at radius 3 is 2.36 bits per heavy atom. The number of benzene rings is 3. The molecule has 0 aliphatic carbocycles. The Hall–Kier alpha value is -4.75. The molecule has 0 atom stereocenters. The molecule has 0 aliphatic rings. The van der Waals surface area contributed by atoms with Gasteiger partial charge in [-0.1, -0.05) is 36.4 Å². The van der Waals surface area contributed by atoms with Gasteiger partial charge in [0.1, 0.15) is 11.6 Å². The summed E-state index contributed by atoms with van der Waals surface area (Å²) in [4.78, 5) is 16.9. The number of pyridine rings is 1. The number of fused-ring (bicyclic) bond motifs is 1. The second-order valence-electron chi connectivity index (χ2n) is 8.50. The van der Waals surface area contributed by atoms with Gasteiger partial charge in [0.2, 0.25) is 10.0 Å². The van der Waals surface area contributed by atoms with E-state index in [0.717, 1.165) is 16.1 Å². The molecule has 5 rings (SSSR count). The molecule has 198 valence electrons. The number of nitrogen functional groups attached to an aromatic ring is 1. The van der Waals surface area contributed by atoms with Gasteiger partial charge in [0, 0.05) is 28.8 Å². The van der Waals surface area contributed by atoms with E-state index in [4.69, 9.17) is 10.9 Å². The van der Waals surface area contributed by atoms with Crippen LogP contribution in [0.15, 0.2) is 90.0 Å². The monoisotopic (exact) mass is 552 g/mol. The lowest BCUT2D eigenvalue weighted by Crippen LogP contribution is -2.15. The number of carbonyl (C=O) groups is 1. The highest BCUT2D eigenvalue weighted by atomic mass is 32.2. The van der Waals surface area contributed by atoms with E-state index < -0.39 is 27.8 Å². The summed E-state index contributed by atoms with van der Waals surface area (Å²) in [5.74, 6) is -0.747. The standard InChI is InChI=1S/C26H19F3N6O3S/c27-26(28,29)22-14-23(35(34-22)18-10-9-16-11-12-32-24(30)20(16)13-18)33-25(36)17-7-5-15(6-8-17)19-3-1-2-4-21(19)39(31,37)38/h1-14H,(H2,30,32)(H,33,36)(H2,31,37,38). The van der Waals surface area contributed by atoms with E-state index in [1.807, 2.05) is 0 Å². The molecule has 39 heavy (non-hydrogen) atoms. The summed E-state index contributed by atoms with van der Waals surface area (Å²) < 4.78 is 65.4. The van der Waals surface area contributed by atoms with Gasteiger partial charge in [0.15, 0.2) is 5.69 Å². The van der Waals surface area contributed by atoms with Gasteiger partial charge in [-0.15, -0.1) is 0 Å². The van der Waals surface area contributed by atoms with Crippen molar-refractivity contribution in [2.24, 2.45) is 5.14 Å². The molecule has 0 unspecified atom stereocenters. The van der Waals surface area contributed by atoms with Crippen molar-refractivity contribution in [2.45, 2.75) is 11.1 Å². The van der Waals surface area contributed by atoms with Crippen LogP contribution in [-0.2, 0) is 16.2 Å². The van der Waals surface area contributed by atoms with Crippen LogP contribution in [-0.4, -0.2) is 29.1 Å². The first-order chi connectivity index (χ1) is 18.4. The molecule has 0 bridgehead atoms. The number of amides is 1. The first-order valence-electron chi connectivity index (χ1n) is 11.3.